The summed E-state index contributed by atoms with van der Waals surface area (Å²) in [4.78, 5) is 28.7. The Bertz CT molecular complexity index is 1290. The second kappa shape index (κ2) is 7.07. The van der Waals surface area contributed by atoms with E-state index in [0.717, 1.165) is 24.8 Å². The van der Waals surface area contributed by atoms with E-state index in [2.05, 4.69) is 43.1 Å². The number of rotatable bonds is 2. The van der Waals surface area contributed by atoms with Crippen LogP contribution in [-0.4, -0.2) is 45.3 Å². The molecule has 2 heterocycles. The van der Waals surface area contributed by atoms with Gasteiger partial charge in [0.15, 0.2) is 11.9 Å². The van der Waals surface area contributed by atoms with E-state index in [0.29, 0.717) is 24.3 Å². The average molecular weight is 478 g/mol. The first kappa shape index (κ1) is 23.0. The molecule has 6 atom stereocenters. The van der Waals surface area contributed by atoms with Crippen molar-refractivity contribution < 1.29 is 24.2 Å². The van der Waals surface area contributed by atoms with Gasteiger partial charge in [-0.15, -0.1) is 0 Å². The van der Waals surface area contributed by atoms with Crippen LogP contribution in [0.25, 0.3) is 10.9 Å². The van der Waals surface area contributed by atoms with Crippen molar-refractivity contribution in [2.45, 2.75) is 95.5 Å². The van der Waals surface area contributed by atoms with Gasteiger partial charge in [0, 0.05) is 34.4 Å². The number of hydrogen-bond donors (Lipinski definition) is 2. The lowest BCUT2D eigenvalue weighted by atomic mass is 9.42. The number of carbonyl (C=O) groups is 2. The highest BCUT2D eigenvalue weighted by molar-refractivity contribution is 5.96. The van der Waals surface area contributed by atoms with Crippen LogP contribution < -0.4 is 0 Å². The summed E-state index contributed by atoms with van der Waals surface area (Å²) in [6.45, 7) is 9.29. The number of aromatic nitrogens is 1. The zero-order valence-electron chi connectivity index (χ0n) is 21.2. The van der Waals surface area contributed by atoms with Gasteiger partial charge in [-0.2, -0.15) is 0 Å². The molecule has 0 spiro atoms. The van der Waals surface area contributed by atoms with Gasteiger partial charge in [-0.25, -0.2) is 0 Å². The molecule has 4 aliphatic rings. The number of nitrogens with one attached hydrogen (secondary N) is 1. The van der Waals surface area contributed by atoms with Crippen LogP contribution >= 0.6 is 0 Å². The maximum Gasteiger partial charge on any atom is 0.303 e. The highest BCUT2D eigenvalue weighted by atomic mass is 16.6. The Balaban J connectivity index is 1.44. The normalized spacial score (nSPS) is 38.3. The molecule has 0 amide bonds. The molecule has 0 bridgehead atoms. The zero-order chi connectivity index (χ0) is 25.0. The topological polar surface area (TPSA) is 88.6 Å². The molecule has 2 saturated carbocycles. The second-order valence-electron chi connectivity index (χ2n) is 12.1. The van der Waals surface area contributed by atoms with E-state index in [-0.39, 0.29) is 17.3 Å². The third-order valence-electron chi connectivity index (χ3n) is 10.1. The van der Waals surface area contributed by atoms with Gasteiger partial charge < -0.3 is 19.6 Å². The van der Waals surface area contributed by atoms with Crippen LogP contribution in [0, 0.1) is 11.3 Å². The molecule has 1 aliphatic heterocycles. The average Bonchev–Trinajstić information content (AvgIpc) is 3.29. The zero-order valence-corrected chi connectivity index (χ0v) is 21.2. The summed E-state index contributed by atoms with van der Waals surface area (Å²) in [5, 5.41) is 13.8. The van der Waals surface area contributed by atoms with Gasteiger partial charge in [-0.05, 0) is 75.1 Å². The van der Waals surface area contributed by atoms with Crippen LogP contribution in [0.3, 0.4) is 0 Å². The van der Waals surface area contributed by atoms with E-state index in [9.17, 15) is 14.7 Å². The molecule has 6 rings (SSSR count). The lowest BCUT2D eigenvalue weighted by Crippen LogP contribution is -2.68. The smallest absolute Gasteiger partial charge is 0.303 e. The molecule has 1 unspecified atom stereocenters. The summed E-state index contributed by atoms with van der Waals surface area (Å²) < 4.78 is 11.8. The van der Waals surface area contributed by atoms with E-state index >= 15 is 0 Å². The highest BCUT2D eigenvalue weighted by Gasteiger charge is 2.70. The highest BCUT2D eigenvalue weighted by Crippen LogP contribution is 2.69. The predicted octanol–water partition coefficient (Wildman–Crippen LogP) is 4.53. The van der Waals surface area contributed by atoms with E-state index in [1.165, 1.54) is 23.6 Å². The van der Waals surface area contributed by atoms with Crippen molar-refractivity contribution in [1.82, 2.24) is 4.98 Å². The van der Waals surface area contributed by atoms with Gasteiger partial charge >= 0.3 is 5.97 Å². The maximum atomic E-state index is 13.3. The van der Waals surface area contributed by atoms with Crippen LogP contribution in [0.15, 0.2) is 35.9 Å². The lowest BCUT2D eigenvalue weighted by molar-refractivity contribution is -0.202. The summed E-state index contributed by atoms with van der Waals surface area (Å²) >= 11 is 0. The molecule has 186 valence electrons. The molecule has 1 aromatic heterocycles. The van der Waals surface area contributed by atoms with Crippen molar-refractivity contribution in [3.05, 3.63) is 47.2 Å². The minimum Gasteiger partial charge on any atom is -0.457 e. The van der Waals surface area contributed by atoms with E-state index in [4.69, 9.17) is 9.47 Å². The van der Waals surface area contributed by atoms with Crippen molar-refractivity contribution >= 4 is 22.7 Å². The number of esters is 1. The number of carbonyl (C=O) groups excluding carboxylic acids is 2. The lowest BCUT2D eigenvalue weighted by Gasteiger charge is -2.64. The monoisotopic (exact) mass is 477 g/mol. The number of aromatic amines is 1. The third-order valence-corrected chi connectivity index (χ3v) is 10.1. The van der Waals surface area contributed by atoms with Crippen molar-refractivity contribution in [3.63, 3.8) is 0 Å². The number of fused-ring (bicyclic) bond motifs is 9. The fourth-order valence-corrected chi connectivity index (χ4v) is 8.23. The fourth-order valence-electron chi connectivity index (χ4n) is 8.23. The SMILES string of the molecule is CC(=O)OC(C)(C)[C@H]1OC2CC[C@@]3(C)[C@@](O)(CC[C@H]4Cc5c([nH]c6ccccc56)[C@@]43C)C2=CC1=O. The van der Waals surface area contributed by atoms with Gasteiger partial charge in [-0.3, -0.25) is 9.59 Å². The van der Waals surface area contributed by atoms with Gasteiger partial charge in [0.25, 0.3) is 0 Å². The number of benzene rings is 1. The Labute approximate surface area is 206 Å². The molecule has 2 fully saturated rings. The summed E-state index contributed by atoms with van der Waals surface area (Å²) in [5.74, 6) is -0.255. The van der Waals surface area contributed by atoms with Crippen molar-refractivity contribution in [3.8, 4) is 0 Å². The summed E-state index contributed by atoms with van der Waals surface area (Å²) in [7, 11) is 0. The number of ether oxygens (including phenoxy) is 2. The van der Waals surface area contributed by atoms with Gasteiger partial charge in [0.2, 0.25) is 0 Å². The number of aliphatic hydroxyl groups is 1. The Morgan fingerprint density at radius 1 is 1.20 bits per heavy atom. The Kier molecular flexibility index (Phi) is 4.64. The first-order chi connectivity index (χ1) is 16.4. The van der Waals surface area contributed by atoms with Crippen LogP contribution in [0.4, 0.5) is 0 Å². The molecule has 6 nitrogen and oxygen atoms in total. The number of H-pyrrole nitrogens is 1. The quantitative estimate of drug-likeness (QED) is 0.621. The van der Waals surface area contributed by atoms with Gasteiger partial charge in [0.1, 0.15) is 5.60 Å². The first-order valence-corrected chi connectivity index (χ1v) is 12.9. The van der Waals surface area contributed by atoms with Crippen LogP contribution in [0.2, 0.25) is 0 Å². The molecule has 0 radical (unpaired) electrons. The molecule has 6 heteroatoms. The van der Waals surface area contributed by atoms with E-state index < -0.39 is 28.7 Å². The van der Waals surface area contributed by atoms with Gasteiger partial charge in [0.05, 0.1) is 11.7 Å². The molecule has 35 heavy (non-hydrogen) atoms. The predicted molar refractivity (Wildman–Crippen MR) is 132 cm³/mol. The molecule has 2 aromatic rings. The number of hydrogen-bond acceptors (Lipinski definition) is 5. The first-order valence-electron chi connectivity index (χ1n) is 12.9. The van der Waals surface area contributed by atoms with E-state index in [1.807, 2.05) is 0 Å². The Morgan fingerprint density at radius 3 is 2.69 bits per heavy atom. The third kappa shape index (κ3) is 2.78. The molecule has 3 aliphatic carbocycles. The molecular formula is C29H35NO5. The van der Waals surface area contributed by atoms with Crippen LogP contribution in [-0.2, 0) is 30.9 Å². The Morgan fingerprint density at radius 2 is 1.94 bits per heavy atom. The van der Waals surface area contributed by atoms with Gasteiger partial charge in [-0.1, -0.05) is 32.0 Å². The fraction of sp³-hybridized carbons (Fsp3) is 0.586. The minimum absolute atomic E-state index is 0.245. The standard InChI is InChI=1S/C29H35NO5/c1-16(31)35-26(2,3)25-22(32)15-20-23(34-25)11-12-27(4)28(5)17(10-13-29(20,27)33)14-19-18-8-6-7-9-21(18)30-24(19)28/h6-9,15,17,23,25,30,33H,10-14H2,1-5H3/t17-,23?,25-,27+,28+,29+/m0/s1. The van der Waals surface area contributed by atoms with Crippen molar-refractivity contribution in [2.75, 3.05) is 0 Å². The minimum atomic E-state index is -1.15. The van der Waals surface area contributed by atoms with Crippen molar-refractivity contribution in [1.29, 1.82) is 0 Å². The van der Waals surface area contributed by atoms with Crippen LogP contribution in [0.5, 0.6) is 0 Å². The van der Waals surface area contributed by atoms with Crippen molar-refractivity contribution in [2.24, 2.45) is 11.3 Å². The summed E-state index contributed by atoms with van der Waals surface area (Å²) in [6.07, 6.45) is 4.37. The number of para-hydroxylation sites is 1. The maximum absolute atomic E-state index is 13.3. The molecular weight excluding hydrogens is 442 g/mol. The number of ketones is 1. The summed E-state index contributed by atoms with van der Waals surface area (Å²) in [5.41, 5.74) is 1.55. The van der Waals surface area contributed by atoms with E-state index in [1.54, 1.807) is 19.9 Å². The second-order valence-corrected chi connectivity index (χ2v) is 12.1. The summed E-state index contributed by atoms with van der Waals surface area (Å²) in [6, 6.07) is 8.47. The Hall–Kier alpha value is -2.44. The molecule has 2 N–H and O–H groups in total. The largest absolute Gasteiger partial charge is 0.457 e. The molecule has 1 aromatic carbocycles. The van der Waals surface area contributed by atoms with Crippen LogP contribution in [0.1, 0.15) is 71.6 Å². The molecule has 0 saturated heterocycles.